The van der Waals surface area contributed by atoms with Gasteiger partial charge < -0.3 is 10.1 Å². The summed E-state index contributed by atoms with van der Waals surface area (Å²) < 4.78 is 5.66. The Morgan fingerprint density at radius 2 is 1.72 bits per heavy atom. The molecule has 6 nitrogen and oxygen atoms in total. The summed E-state index contributed by atoms with van der Waals surface area (Å²) in [5.74, 6) is -0.213. The zero-order valence-corrected chi connectivity index (χ0v) is 18.9. The zero-order valence-electron chi connectivity index (χ0n) is 18.1. The van der Waals surface area contributed by atoms with Gasteiger partial charge in [-0.2, -0.15) is 5.10 Å². The van der Waals surface area contributed by atoms with Crippen LogP contribution in [0, 0.1) is 20.8 Å². The first kappa shape index (κ1) is 23.0. The van der Waals surface area contributed by atoms with Gasteiger partial charge in [0.1, 0.15) is 5.75 Å². The van der Waals surface area contributed by atoms with E-state index in [1.54, 1.807) is 30.3 Å². The Hall–Kier alpha value is -3.64. The Labute approximate surface area is 192 Å². The maximum atomic E-state index is 12.3. The van der Waals surface area contributed by atoms with Gasteiger partial charge in [-0.3, -0.25) is 9.59 Å². The minimum Gasteiger partial charge on any atom is -0.483 e. The van der Waals surface area contributed by atoms with Crippen molar-refractivity contribution >= 4 is 35.3 Å². The van der Waals surface area contributed by atoms with Crippen molar-refractivity contribution in [3.63, 3.8) is 0 Å². The van der Waals surface area contributed by atoms with Crippen molar-refractivity contribution in [1.82, 2.24) is 5.43 Å². The number of benzene rings is 3. The molecule has 0 spiro atoms. The number of nitrogens with one attached hydrogen (secondary N) is 2. The van der Waals surface area contributed by atoms with Gasteiger partial charge in [0.2, 0.25) is 0 Å². The molecule has 0 saturated heterocycles. The second-order valence-corrected chi connectivity index (χ2v) is 7.82. The fourth-order valence-corrected chi connectivity index (χ4v) is 3.02. The molecule has 32 heavy (non-hydrogen) atoms. The maximum Gasteiger partial charge on any atom is 0.271 e. The summed E-state index contributed by atoms with van der Waals surface area (Å²) in [7, 11) is 0. The van der Waals surface area contributed by atoms with E-state index in [2.05, 4.69) is 15.8 Å². The number of aryl methyl sites for hydroxylation is 3. The Morgan fingerprint density at radius 1 is 0.969 bits per heavy atom. The molecule has 3 rings (SSSR count). The Kier molecular flexibility index (Phi) is 7.63. The fraction of sp³-hybridized carbons (Fsp3) is 0.160. The van der Waals surface area contributed by atoms with Crippen LogP contribution in [0.2, 0.25) is 5.02 Å². The van der Waals surface area contributed by atoms with E-state index in [-0.39, 0.29) is 18.4 Å². The third kappa shape index (κ3) is 6.43. The second kappa shape index (κ2) is 10.6. The monoisotopic (exact) mass is 449 g/mol. The molecular formula is C25H24ClN3O3. The molecule has 7 heteroatoms. The summed E-state index contributed by atoms with van der Waals surface area (Å²) in [5.41, 5.74) is 7.51. The van der Waals surface area contributed by atoms with Gasteiger partial charge in [-0.1, -0.05) is 35.4 Å². The first-order valence-electron chi connectivity index (χ1n) is 10.0. The number of hydrogen-bond donors (Lipinski definition) is 2. The van der Waals surface area contributed by atoms with Gasteiger partial charge in [0.15, 0.2) is 6.61 Å². The number of ether oxygens (including phenoxy) is 1. The lowest BCUT2D eigenvalue weighted by Gasteiger charge is -2.11. The number of hydrogen-bond acceptors (Lipinski definition) is 4. The maximum absolute atomic E-state index is 12.3. The van der Waals surface area contributed by atoms with Crippen LogP contribution in [-0.4, -0.2) is 24.6 Å². The highest BCUT2D eigenvalue weighted by atomic mass is 35.5. The summed E-state index contributed by atoms with van der Waals surface area (Å²) in [6, 6.07) is 17.8. The van der Waals surface area contributed by atoms with Crippen molar-refractivity contribution in [2.45, 2.75) is 20.8 Å². The number of nitrogens with zero attached hydrogens (tertiary/aromatic N) is 1. The van der Waals surface area contributed by atoms with Crippen LogP contribution >= 0.6 is 11.6 Å². The number of amides is 2. The molecule has 0 aromatic heterocycles. The SMILES string of the molecule is Cc1ccc(C(=O)N/N=C/c2cc(Cl)ccc2OCC(=O)Nc2ccc(C)c(C)c2)cc1. The first-order chi connectivity index (χ1) is 15.3. The van der Waals surface area contributed by atoms with Crippen LogP contribution < -0.4 is 15.5 Å². The van der Waals surface area contributed by atoms with E-state index in [0.29, 0.717) is 27.6 Å². The molecule has 2 amide bonds. The normalized spacial score (nSPS) is 10.8. The minimum absolute atomic E-state index is 0.189. The molecule has 0 radical (unpaired) electrons. The smallest absolute Gasteiger partial charge is 0.271 e. The predicted molar refractivity (Wildman–Crippen MR) is 128 cm³/mol. The van der Waals surface area contributed by atoms with Crippen LogP contribution in [0.15, 0.2) is 65.8 Å². The van der Waals surface area contributed by atoms with E-state index >= 15 is 0 Å². The number of halogens is 1. The van der Waals surface area contributed by atoms with Crippen molar-refractivity contribution in [2.75, 3.05) is 11.9 Å². The molecule has 0 bridgehead atoms. The molecule has 3 aromatic rings. The zero-order chi connectivity index (χ0) is 23.1. The number of carbonyl (C=O) groups excluding carboxylic acids is 2. The number of anilines is 1. The van der Waals surface area contributed by atoms with Crippen LogP contribution in [-0.2, 0) is 4.79 Å². The summed E-state index contributed by atoms with van der Waals surface area (Å²) in [5, 5.41) is 7.28. The predicted octanol–water partition coefficient (Wildman–Crippen LogP) is 5.05. The largest absolute Gasteiger partial charge is 0.483 e. The van der Waals surface area contributed by atoms with E-state index in [1.807, 2.05) is 51.1 Å². The van der Waals surface area contributed by atoms with Crippen molar-refractivity contribution in [2.24, 2.45) is 5.10 Å². The van der Waals surface area contributed by atoms with Gasteiger partial charge in [0.05, 0.1) is 6.21 Å². The van der Waals surface area contributed by atoms with Crippen molar-refractivity contribution in [1.29, 1.82) is 0 Å². The molecule has 0 saturated carbocycles. The van der Waals surface area contributed by atoms with Gasteiger partial charge in [-0.25, -0.2) is 5.43 Å². The number of rotatable bonds is 7. The first-order valence-corrected chi connectivity index (χ1v) is 10.4. The molecule has 0 unspecified atom stereocenters. The Bertz CT molecular complexity index is 1160. The van der Waals surface area contributed by atoms with Gasteiger partial charge >= 0.3 is 0 Å². The molecule has 0 fully saturated rings. The van der Waals surface area contributed by atoms with E-state index in [0.717, 1.165) is 16.7 Å². The summed E-state index contributed by atoms with van der Waals surface area (Å²) in [4.78, 5) is 24.5. The molecule has 0 heterocycles. The minimum atomic E-state index is -0.335. The van der Waals surface area contributed by atoms with Gasteiger partial charge in [0, 0.05) is 21.8 Å². The van der Waals surface area contributed by atoms with E-state index in [9.17, 15) is 9.59 Å². The van der Waals surface area contributed by atoms with Crippen LogP contribution in [0.25, 0.3) is 0 Å². The van der Waals surface area contributed by atoms with Gasteiger partial charge in [-0.15, -0.1) is 0 Å². The van der Waals surface area contributed by atoms with Crippen LogP contribution in [0.3, 0.4) is 0 Å². The molecule has 2 N–H and O–H groups in total. The number of carbonyl (C=O) groups is 2. The molecule has 0 aliphatic carbocycles. The number of hydrazone groups is 1. The summed E-state index contributed by atoms with van der Waals surface area (Å²) >= 11 is 6.08. The average molecular weight is 450 g/mol. The fourth-order valence-electron chi connectivity index (χ4n) is 2.84. The standard InChI is InChI=1S/C25H24ClN3O3/c1-16-4-7-19(8-5-16)25(31)29-27-14-20-13-21(26)9-11-23(20)32-15-24(30)28-22-10-6-17(2)18(3)12-22/h4-14H,15H2,1-3H3,(H,28,30)(H,29,31)/b27-14+. The third-order valence-corrected chi connectivity index (χ3v) is 5.04. The quantitative estimate of drug-likeness (QED) is 0.391. The summed E-state index contributed by atoms with van der Waals surface area (Å²) in [6.07, 6.45) is 1.43. The highest BCUT2D eigenvalue weighted by Crippen LogP contribution is 2.22. The third-order valence-electron chi connectivity index (χ3n) is 4.80. The van der Waals surface area contributed by atoms with Gasteiger partial charge in [0.25, 0.3) is 11.8 Å². The Morgan fingerprint density at radius 3 is 2.44 bits per heavy atom. The molecule has 0 atom stereocenters. The molecular weight excluding hydrogens is 426 g/mol. The van der Waals surface area contributed by atoms with Crippen molar-refractivity contribution < 1.29 is 14.3 Å². The summed E-state index contributed by atoms with van der Waals surface area (Å²) in [6.45, 7) is 5.75. The van der Waals surface area contributed by atoms with Crippen LogP contribution in [0.5, 0.6) is 5.75 Å². The van der Waals surface area contributed by atoms with E-state index in [1.165, 1.54) is 6.21 Å². The van der Waals surface area contributed by atoms with Crippen LogP contribution in [0.1, 0.15) is 32.6 Å². The van der Waals surface area contributed by atoms with Gasteiger partial charge in [-0.05, 0) is 74.4 Å². The molecule has 0 aliphatic rings. The Balaban J connectivity index is 1.62. The average Bonchev–Trinajstić information content (AvgIpc) is 2.76. The highest BCUT2D eigenvalue weighted by Gasteiger charge is 2.09. The lowest BCUT2D eigenvalue weighted by Crippen LogP contribution is -2.21. The highest BCUT2D eigenvalue weighted by molar-refractivity contribution is 6.30. The lowest BCUT2D eigenvalue weighted by molar-refractivity contribution is -0.118. The van der Waals surface area contributed by atoms with Crippen LogP contribution in [0.4, 0.5) is 5.69 Å². The second-order valence-electron chi connectivity index (χ2n) is 7.38. The topological polar surface area (TPSA) is 79.8 Å². The van der Waals surface area contributed by atoms with E-state index < -0.39 is 0 Å². The molecule has 3 aromatic carbocycles. The van der Waals surface area contributed by atoms with Crippen molar-refractivity contribution in [3.05, 3.63) is 93.5 Å². The lowest BCUT2D eigenvalue weighted by atomic mass is 10.1. The van der Waals surface area contributed by atoms with E-state index in [4.69, 9.17) is 16.3 Å². The van der Waals surface area contributed by atoms with Crippen molar-refractivity contribution in [3.8, 4) is 5.75 Å². The molecule has 164 valence electrons. The molecule has 0 aliphatic heterocycles.